The lowest BCUT2D eigenvalue weighted by Gasteiger charge is -2.14. The van der Waals surface area contributed by atoms with Gasteiger partial charge in [0.15, 0.2) is 5.76 Å². The summed E-state index contributed by atoms with van der Waals surface area (Å²) in [6.07, 6.45) is 4.93. The van der Waals surface area contributed by atoms with Crippen molar-refractivity contribution < 1.29 is 14.3 Å². The topological polar surface area (TPSA) is 93.2 Å². The van der Waals surface area contributed by atoms with Gasteiger partial charge in [-0.2, -0.15) is 0 Å². The third kappa shape index (κ3) is 3.14. The van der Waals surface area contributed by atoms with Crippen LogP contribution in [-0.4, -0.2) is 38.4 Å². The molecule has 1 aliphatic rings. The van der Waals surface area contributed by atoms with Crippen LogP contribution in [0, 0.1) is 5.92 Å². The molecular weight excluding hydrogens is 296 g/mol. The number of nitrogens with one attached hydrogen (secondary N) is 1. The van der Waals surface area contributed by atoms with Crippen LogP contribution in [0.3, 0.4) is 0 Å². The van der Waals surface area contributed by atoms with Crippen molar-refractivity contribution in [3.8, 4) is 0 Å². The number of rotatable bonds is 5. The van der Waals surface area contributed by atoms with E-state index in [-0.39, 0.29) is 17.7 Å². The molecule has 124 valence electrons. The molecule has 0 spiro atoms. The number of aliphatic hydroxyl groups excluding tert-OH is 1. The highest BCUT2D eigenvalue weighted by Crippen LogP contribution is 2.37. The molecular formula is C16H22N4O3. The van der Waals surface area contributed by atoms with Crippen LogP contribution in [0.15, 0.2) is 23.1 Å². The molecule has 0 saturated heterocycles. The summed E-state index contributed by atoms with van der Waals surface area (Å²) in [6, 6.07) is 1.81. The molecule has 1 saturated carbocycles. The lowest BCUT2D eigenvalue weighted by atomic mass is 10.0. The van der Waals surface area contributed by atoms with Gasteiger partial charge in [-0.15, -0.1) is 10.2 Å². The normalized spacial score (nSPS) is 24.0. The van der Waals surface area contributed by atoms with Crippen LogP contribution in [0.2, 0.25) is 0 Å². The fourth-order valence-corrected chi connectivity index (χ4v) is 3.31. The van der Waals surface area contributed by atoms with Gasteiger partial charge in [0.2, 0.25) is 0 Å². The van der Waals surface area contributed by atoms with E-state index in [1.807, 2.05) is 24.6 Å². The summed E-state index contributed by atoms with van der Waals surface area (Å²) in [6.45, 7) is 2.41. The number of hydrogen-bond donors (Lipinski definition) is 2. The molecule has 1 aliphatic carbocycles. The maximum atomic E-state index is 12.2. The SMILES string of the molecule is CCc1ccoc1C(=O)NC[C@H]1C[C@H](c2nncn2C)C[C@H]1O. The van der Waals surface area contributed by atoms with Crippen molar-refractivity contribution in [3.05, 3.63) is 35.8 Å². The minimum absolute atomic E-state index is 0.0145. The number of amides is 1. The number of nitrogens with zero attached hydrogens (tertiary/aromatic N) is 3. The molecule has 2 N–H and O–H groups in total. The summed E-state index contributed by atoms with van der Waals surface area (Å²) >= 11 is 0. The minimum atomic E-state index is -0.445. The van der Waals surface area contributed by atoms with Crippen LogP contribution in [0.5, 0.6) is 0 Å². The Bertz CT molecular complexity index is 678. The van der Waals surface area contributed by atoms with Crippen molar-refractivity contribution in [2.45, 2.75) is 38.2 Å². The van der Waals surface area contributed by atoms with E-state index in [1.54, 1.807) is 6.33 Å². The van der Waals surface area contributed by atoms with E-state index >= 15 is 0 Å². The fraction of sp³-hybridized carbons (Fsp3) is 0.562. The predicted molar refractivity (Wildman–Crippen MR) is 82.9 cm³/mol. The molecule has 1 amide bonds. The highest BCUT2D eigenvalue weighted by Gasteiger charge is 2.36. The highest BCUT2D eigenvalue weighted by atomic mass is 16.3. The van der Waals surface area contributed by atoms with Gasteiger partial charge in [-0.25, -0.2) is 0 Å². The van der Waals surface area contributed by atoms with Crippen LogP contribution in [0.25, 0.3) is 0 Å². The molecule has 3 atom stereocenters. The monoisotopic (exact) mass is 318 g/mol. The summed E-state index contributed by atoms with van der Waals surface area (Å²) in [5, 5.41) is 21.2. The Morgan fingerprint density at radius 1 is 1.52 bits per heavy atom. The summed E-state index contributed by atoms with van der Waals surface area (Å²) in [5.41, 5.74) is 0.895. The van der Waals surface area contributed by atoms with E-state index in [4.69, 9.17) is 4.42 Å². The van der Waals surface area contributed by atoms with Gasteiger partial charge >= 0.3 is 0 Å². The van der Waals surface area contributed by atoms with Gasteiger partial charge in [-0.1, -0.05) is 6.92 Å². The van der Waals surface area contributed by atoms with E-state index < -0.39 is 6.10 Å². The molecule has 1 fully saturated rings. The third-order valence-corrected chi connectivity index (χ3v) is 4.63. The fourth-order valence-electron chi connectivity index (χ4n) is 3.31. The lowest BCUT2D eigenvalue weighted by molar-refractivity contribution is 0.0889. The zero-order valence-corrected chi connectivity index (χ0v) is 13.4. The average molecular weight is 318 g/mol. The summed E-state index contributed by atoms with van der Waals surface area (Å²) in [5.74, 6) is 1.22. The van der Waals surface area contributed by atoms with Crippen molar-refractivity contribution >= 4 is 5.91 Å². The van der Waals surface area contributed by atoms with Crippen LogP contribution in [0.4, 0.5) is 0 Å². The molecule has 0 aromatic carbocycles. The van der Waals surface area contributed by atoms with Crippen molar-refractivity contribution in [1.82, 2.24) is 20.1 Å². The Morgan fingerprint density at radius 3 is 3.04 bits per heavy atom. The van der Waals surface area contributed by atoms with Crippen LogP contribution >= 0.6 is 0 Å². The zero-order chi connectivity index (χ0) is 16.4. The van der Waals surface area contributed by atoms with Crippen molar-refractivity contribution in [3.63, 3.8) is 0 Å². The molecule has 2 aromatic heterocycles. The van der Waals surface area contributed by atoms with Gasteiger partial charge in [0.05, 0.1) is 12.4 Å². The van der Waals surface area contributed by atoms with Gasteiger partial charge in [0, 0.05) is 31.0 Å². The smallest absolute Gasteiger partial charge is 0.287 e. The number of aromatic nitrogens is 3. The Morgan fingerprint density at radius 2 is 2.35 bits per heavy atom. The van der Waals surface area contributed by atoms with Crippen LogP contribution in [-0.2, 0) is 13.5 Å². The first kappa shape index (κ1) is 15.7. The zero-order valence-electron chi connectivity index (χ0n) is 13.4. The number of aliphatic hydroxyl groups is 1. The molecule has 23 heavy (non-hydrogen) atoms. The van der Waals surface area contributed by atoms with Gasteiger partial charge in [0.1, 0.15) is 12.2 Å². The molecule has 2 heterocycles. The van der Waals surface area contributed by atoms with Crippen molar-refractivity contribution in [1.29, 1.82) is 0 Å². The van der Waals surface area contributed by atoms with Crippen molar-refractivity contribution in [2.24, 2.45) is 13.0 Å². The van der Waals surface area contributed by atoms with E-state index in [9.17, 15) is 9.90 Å². The molecule has 2 aromatic rings. The van der Waals surface area contributed by atoms with E-state index in [0.717, 1.165) is 24.2 Å². The van der Waals surface area contributed by atoms with Gasteiger partial charge in [0.25, 0.3) is 5.91 Å². The summed E-state index contributed by atoms with van der Waals surface area (Å²) < 4.78 is 7.14. The van der Waals surface area contributed by atoms with Crippen LogP contribution < -0.4 is 5.32 Å². The average Bonchev–Trinajstić information content (AvgIpc) is 3.24. The van der Waals surface area contributed by atoms with E-state index in [0.29, 0.717) is 18.7 Å². The maximum Gasteiger partial charge on any atom is 0.287 e. The first-order valence-corrected chi connectivity index (χ1v) is 7.96. The lowest BCUT2D eigenvalue weighted by Crippen LogP contribution is -2.32. The second-order valence-corrected chi connectivity index (χ2v) is 6.13. The first-order chi connectivity index (χ1) is 11.1. The standard InChI is InChI=1S/C16H22N4O3/c1-3-10-4-5-23-14(10)16(22)17-8-12-6-11(7-13(12)21)15-19-18-9-20(15)2/h4-5,9,11-13,21H,3,6-8H2,1-2H3,(H,17,22)/t11-,12+,13+/m0/s1. The Hall–Kier alpha value is -2.15. The number of carbonyl (C=O) groups excluding carboxylic acids is 1. The summed E-state index contributed by atoms with van der Waals surface area (Å²) in [7, 11) is 1.90. The van der Waals surface area contributed by atoms with Gasteiger partial charge in [-0.05, 0) is 25.3 Å². The molecule has 3 rings (SSSR count). The predicted octanol–water partition coefficient (Wildman–Crippen LogP) is 1.25. The molecule has 7 nitrogen and oxygen atoms in total. The molecule has 0 radical (unpaired) electrons. The number of carbonyl (C=O) groups is 1. The number of aryl methyl sites for hydroxylation is 2. The van der Waals surface area contributed by atoms with E-state index in [2.05, 4.69) is 15.5 Å². The van der Waals surface area contributed by atoms with Crippen molar-refractivity contribution in [2.75, 3.05) is 6.54 Å². The summed E-state index contributed by atoms with van der Waals surface area (Å²) in [4.78, 5) is 12.2. The largest absolute Gasteiger partial charge is 0.459 e. The minimum Gasteiger partial charge on any atom is -0.459 e. The second kappa shape index (κ2) is 6.54. The second-order valence-electron chi connectivity index (χ2n) is 6.13. The maximum absolute atomic E-state index is 12.2. The quantitative estimate of drug-likeness (QED) is 0.865. The molecule has 0 aliphatic heterocycles. The highest BCUT2D eigenvalue weighted by molar-refractivity contribution is 5.92. The Balaban J connectivity index is 1.58. The molecule has 7 heteroatoms. The van der Waals surface area contributed by atoms with Gasteiger partial charge in [-0.3, -0.25) is 4.79 Å². The van der Waals surface area contributed by atoms with Crippen LogP contribution in [0.1, 0.15) is 47.6 Å². The molecule has 0 bridgehead atoms. The number of furan rings is 1. The first-order valence-electron chi connectivity index (χ1n) is 7.96. The van der Waals surface area contributed by atoms with E-state index in [1.165, 1.54) is 6.26 Å². The van der Waals surface area contributed by atoms with Gasteiger partial charge < -0.3 is 19.4 Å². The third-order valence-electron chi connectivity index (χ3n) is 4.63. The molecule has 0 unspecified atom stereocenters. The Kier molecular flexibility index (Phi) is 4.47. The number of hydrogen-bond acceptors (Lipinski definition) is 5. The Labute approximate surface area is 134 Å².